The van der Waals surface area contributed by atoms with E-state index in [1.807, 2.05) is 6.92 Å². The van der Waals surface area contributed by atoms with Gasteiger partial charge in [-0.15, -0.1) is 0 Å². The first-order valence-corrected chi connectivity index (χ1v) is 5.53. The molecule has 1 aromatic carbocycles. The van der Waals surface area contributed by atoms with Gasteiger partial charge in [0.05, 0.1) is 0 Å². The van der Waals surface area contributed by atoms with Crippen LogP contribution >= 0.6 is 0 Å². The molecule has 0 atom stereocenters. The molecule has 1 N–H and O–H groups in total. The number of aryl methyl sites for hydroxylation is 1. The normalized spacial score (nSPS) is 10.8. The van der Waals surface area contributed by atoms with Crippen LogP contribution in [0.15, 0.2) is 18.2 Å². The zero-order chi connectivity index (χ0) is 12.3. The summed E-state index contributed by atoms with van der Waals surface area (Å²) in [5.74, 6) is 0.193. The lowest BCUT2D eigenvalue weighted by molar-refractivity contribution is 0.573. The third-order valence-electron chi connectivity index (χ3n) is 2.42. The second-order valence-electron chi connectivity index (χ2n) is 3.86. The van der Waals surface area contributed by atoms with E-state index in [-0.39, 0.29) is 0 Å². The molecule has 5 heteroatoms. The van der Waals surface area contributed by atoms with E-state index in [1.54, 1.807) is 0 Å². The summed E-state index contributed by atoms with van der Waals surface area (Å²) in [7, 11) is 0. The fourth-order valence-electron chi connectivity index (χ4n) is 1.59. The molecule has 3 nitrogen and oxygen atoms in total. The van der Waals surface area contributed by atoms with Gasteiger partial charge < -0.3 is 0 Å². The van der Waals surface area contributed by atoms with E-state index in [0.29, 0.717) is 17.8 Å². The lowest BCUT2D eigenvalue weighted by atomic mass is 10.1. The second-order valence-corrected chi connectivity index (χ2v) is 3.86. The minimum atomic E-state index is -0.574. The molecule has 0 aliphatic heterocycles. The first-order chi connectivity index (χ1) is 8.19. The molecule has 0 saturated heterocycles. The number of aromatic nitrogens is 3. The largest absolute Gasteiger partial charge is 0.263 e. The Bertz CT molecular complexity index is 508. The molecule has 0 amide bonds. The van der Waals surface area contributed by atoms with Crippen molar-refractivity contribution < 1.29 is 8.78 Å². The van der Waals surface area contributed by atoms with Gasteiger partial charge in [-0.1, -0.05) is 13.0 Å². The van der Waals surface area contributed by atoms with Crippen LogP contribution in [0.5, 0.6) is 0 Å². The Morgan fingerprint density at radius 3 is 2.82 bits per heavy atom. The van der Waals surface area contributed by atoms with E-state index in [4.69, 9.17) is 0 Å². The number of hydrogen-bond acceptors (Lipinski definition) is 2. The molecule has 1 aromatic heterocycles. The van der Waals surface area contributed by atoms with Gasteiger partial charge in [0.25, 0.3) is 0 Å². The third kappa shape index (κ3) is 2.87. The number of halogens is 2. The highest BCUT2D eigenvalue weighted by Gasteiger charge is 2.08. The van der Waals surface area contributed by atoms with Crippen LogP contribution in [0.1, 0.15) is 30.6 Å². The maximum absolute atomic E-state index is 13.4. The van der Waals surface area contributed by atoms with Crippen molar-refractivity contribution in [1.29, 1.82) is 0 Å². The van der Waals surface area contributed by atoms with E-state index in [2.05, 4.69) is 15.2 Å². The van der Waals surface area contributed by atoms with Crippen LogP contribution in [0.25, 0.3) is 0 Å². The lowest BCUT2D eigenvalue weighted by Gasteiger charge is -1.99. The number of benzene rings is 1. The smallest absolute Gasteiger partial charge is 0.150 e. The molecule has 2 aromatic rings. The van der Waals surface area contributed by atoms with Crippen molar-refractivity contribution in [2.75, 3.05) is 0 Å². The molecule has 0 radical (unpaired) electrons. The molecule has 0 saturated carbocycles. The van der Waals surface area contributed by atoms with Crippen molar-refractivity contribution in [3.63, 3.8) is 0 Å². The van der Waals surface area contributed by atoms with Gasteiger partial charge in [-0.05, 0) is 18.1 Å². The monoisotopic (exact) mass is 237 g/mol. The molecule has 17 heavy (non-hydrogen) atoms. The van der Waals surface area contributed by atoms with Gasteiger partial charge in [0.2, 0.25) is 0 Å². The van der Waals surface area contributed by atoms with E-state index in [9.17, 15) is 8.78 Å². The number of nitrogens with zero attached hydrogens (tertiary/aromatic N) is 2. The van der Waals surface area contributed by atoms with Gasteiger partial charge in [0, 0.05) is 18.9 Å². The van der Waals surface area contributed by atoms with Crippen molar-refractivity contribution in [3.8, 4) is 0 Å². The quantitative estimate of drug-likeness (QED) is 0.888. The molecule has 0 bridgehead atoms. The highest BCUT2D eigenvalue weighted by Crippen LogP contribution is 2.12. The zero-order valence-corrected chi connectivity index (χ0v) is 9.50. The van der Waals surface area contributed by atoms with Gasteiger partial charge in [-0.3, -0.25) is 5.10 Å². The van der Waals surface area contributed by atoms with E-state index in [1.165, 1.54) is 12.1 Å². The summed E-state index contributed by atoms with van der Waals surface area (Å²) in [5, 5.41) is 6.78. The Morgan fingerprint density at radius 2 is 2.12 bits per heavy atom. The summed E-state index contributed by atoms with van der Waals surface area (Å²) >= 11 is 0. The maximum Gasteiger partial charge on any atom is 0.150 e. The van der Waals surface area contributed by atoms with Gasteiger partial charge in [0.15, 0.2) is 5.82 Å². The summed E-state index contributed by atoms with van der Waals surface area (Å²) < 4.78 is 26.1. The minimum absolute atomic E-state index is 0.294. The van der Waals surface area contributed by atoms with Crippen LogP contribution in [-0.4, -0.2) is 15.2 Å². The van der Waals surface area contributed by atoms with Crippen LogP contribution in [0.2, 0.25) is 0 Å². The van der Waals surface area contributed by atoms with Crippen LogP contribution < -0.4 is 0 Å². The molecule has 0 spiro atoms. The highest BCUT2D eigenvalue weighted by atomic mass is 19.1. The number of hydrogen-bond donors (Lipinski definition) is 1. The fourth-order valence-corrected chi connectivity index (χ4v) is 1.59. The van der Waals surface area contributed by atoms with Crippen LogP contribution in [0.3, 0.4) is 0 Å². The van der Waals surface area contributed by atoms with E-state index in [0.717, 1.165) is 24.7 Å². The van der Waals surface area contributed by atoms with Crippen molar-refractivity contribution in [2.45, 2.75) is 26.2 Å². The Morgan fingerprint density at radius 1 is 1.29 bits per heavy atom. The molecule has 0 fully saturated rings. The average molecular weight is 237 g/mol. The van der Waals surface area contributed by atoms with Crippen LogP contribution in [-0.2, 0) is 12.8 Å². The van der Waals surface area contributed by atoms with E-state index >= 15 is 0 Å². The summed E-state index contributed by atoms with van der Waals surface area (Å²) in [4.78, 5) is 4.23. The average Bonchev–Trinajstić information content (AvgIpc) is 2.71. The molecule has 0 aliphatic carbocycles. The standard InChI is InChI=1S/C12H13F2N3/c1-2-3-11-15-12(17-16-11)6-8-4-5-9(13)7-10(8)14/h4-5,7H,2-3,6H2,1H3,(H,15,16,17). The van der Waals surface area contributed by atoms with Gasteiger partial charge in [0.1, 0.15) is 17.5 Å². The third-order valence-corrected chi connectivity index (χ3v) is 2.42. The minimum Gasteiger partial charge on any atom is -0.263 e. The van der Waals surface area contributed by atoms with Gasteiger partial charge >= 0.3 is 0 Å². The van der Waals surface area contributed by atoms with E-state index < -0.39 is 11.6 Å². The van der Waals surface area contributed by atoms with Crippen LogP contribution in [0, 0.1) is 11.6 Å². The summed E-state index contributed by atoms with van der Waals surface area (Å²) in [6.45, 7) is 2.04. The molecule has 0 unspecified atom stereocenters. The van der Waals surface area contributed by atoms with Crippen molar-refractivity contribution >= 4 is 0 Å². The highest BCUT2D eigenvalue weighted by molar-refractivity contribution is 5.21. The first-order valence-electron chi connectivity index (χ1n) is 5.53. The topological polar surface area (TPSA) is 41.6 Å². The maximum atomic E-state index is 13.4. The summed E-state index contributed by atoms with van der Waals surface area (Å²) in [5.41, 5.74) is 0.408. The second kappa shape index (κ2) is 5.03. The molecule has 1 heterocycles. The molecule has 2 rings (SSSR count). The first kappa shape index (κ1) is 11.7. The lowest BCUT2D eigenvalue weighted by Crippen LogP contribution is -1.96. The predicted octanol–water partition coefficient (Wildman–Crippen LogP) is 2.63. The number of nitrogens with one attached hydrogen (secondary N) is 1. The van der Waals surface area contributed by atoms with Crippen molar-refractivity contribution in [2.24, 2.45) is 0 Å². The Labute approximate surface area is 97.9 Å². The fraction of sp³-hybridized carbons (Fsp3) is 0.333. The molecule has 90 valence electrons. The Balaban J connectivity index is 2.13. The number of rotatable bonds is 4. The number of H-pyrrole nitrogens is 1. The van der Waals surface area contributed by atoms with Crippen LogP contribution in [0.4, 0.5) is 8.78 Å². The molecule has 0 aliphatic rings. The predicted molar refractivity (Wildman–Crippen MR) is 59.5 cm³/mol. The SMILES string of the molecule is CCCc1n[nH]c(Cc2ccc(F)cc2F)n1. The van der Waals surface area contributed by atoms with Crippen molar-refractivity contribution in [1.82, 2.24) is 15.2 Å². The van der Waals surface area contributed by atoms with Crippen molar-refractivity contribution in [3.05, 3.63) is 47.0 Å². The Hall–Kier alpha value is -1.78. The van der Waals surface area contributed by atoms with Gasteiger partial charge in [-0.2, -0.15) is 5.10 Å². The Kier molecular flexibility index (Phi) is 3.46. The van der Waals surface area contributed by atoms with Gasteiger partial charge in [-0.25, -0.2) is 13.8 Å². The number of aromatic amines is 1. The molecular formula is C12H13F2N3. The zero-order valence-electron chi connectivity index (χ0n) is 9.50. The summed E-state index contributed by atoms with van der Waals surface area (Å²) in [6.07, 6.45) is 2.05. The summed E-state index contributed by atoms with van der Waals surface area (Å²) in [6, 6.07) is 3.53. The molecular weight excluding hydrogens is 224 g/mol.